The zero-order valence-electron chi connectivity index (χ0n) is 15.2. The standard InChI is InChI=1S/C19H28O7/c20-19-18(26-16-8-4-11-23-16)17(25-15-7-3-10-22-15)14(24-19)9-12-21-13-5-1-2-6-13/h13-16H,1-12H2. The molecule has 3 heterocycles. The van der Waals surface area contributed by atoms with Crippen molar-refractivity contribution in [2.45, 2.75) is 82.6 Å². The Kier molecular flexibility index (Phi) is 5.97. The Morgan fingerprint density at radius 2 is 1.58 bits per heavy atom. The molecule has 3 unspecified atom stereocenters. The molecule has 3 fully saturated rings. The third kappa shape index (κ3) is 4.32. The van der Waals surface area contributed by atoms with Crippen molar-refractivity contribution in [2.24, 2.45) is 0 Å². The summed E-state index contributed by atoms with van der Waals surface area (Å²) in [4.78, 5) is 12.4. The van der Waals surface area contributed by atoms with Crippen LogP contribution in [0.25, 0.3) is 0 Å². The second-order valence-corrected chi connectivity index (χ2v) is 7.27. The zero-order valence-corrected chi connectivity index (χ0v) is 15.2. The highest BCUT2D eigenvalue weighted by atomic mass is 16.7. The van der Waals surface area contributed by atoms with Gasteiger partial charge in [0.1, 0.15) is 0 Å². The van der Waals surface area contributed by atoms with Crippen LogP contribution in [0, 0.1) is 0 Å². The molecule has 0 amide bonds. The minimum absolute atomic E-state index is 0.137. The normalized spacial score (nSPS) is 32.5. The molecule has 26 heavy (non-hydrogen) atoms. The van der Waals surface area contributed by atoms with Crippen LogP contribution in [-0.2, 0) is 33.2 Å². The van der Waals surface area contributed by atoms with E-state index in [1.807, 2.05) is 0 Å². The van der Waals surface area contributed by atoms with Gasteiger partial charge in [-0.15, -0.1) is 0 Å². The Hall–Kier alpha value is -1.31. The van der Waals surface area contributed by atoms with E-state index in [4.69, 9.17) is 28.4 Å². The SMILES string of the molecule is O=C1OC(CCOC2CCCC2)C(OC2CCCO2)=C1OC1CCCO1. The summed E-state index contributed by atoms with van der Waals surface area (Å²) >= 11 is 0. The minimum atomic E-state index is -0.487. The van der Waals surface area contributed by atoms with Crippen molar-refractivity contribution < 1.29 is 33.2 Å². The molecule has 4 aliphatic rings. The Bertz CT molecular complexity index is 514. The molecule has 1 aliphatic carbocycles. The molecule has 1 saturated carbocycles. The number of ether oxygens (including phenoxy) is 6. The maximum atomic E-state index is 12.4. The molecule has 3 aliphatic heterocycles. The Balaban J connectivity index is 1.40. The fourth-order valence-electron chi connectivity index (χ4n) is 3.86. The summed E-state index contributed by atoms with van der Waals surface area (Å²) in [6, 6.07) is 0. The van der Waals surface area contributed by atoms with Gasteiger partial charge in [0.05, 0.1) is 25.9 Å². The fraction of sp³-hybridized carbons (Fsp3) is 0.842. The van der Waals surface area contributed by atoms with Crippen LogP contribution in [0.5, 0.6) is 0 Å². The third-order valence-corrected chi connectivity index (χ3v) is 5.27. The van der Waals surface area contributed by atoms with E-state index in [0.717, 1.165) is 38.5 Å². The lowest BCUT2D eigenvalue weighted by Crippen LogP contribution is -2.22. The van der Waals surface area contributed by atoms with Gasteiger partial charge in [-0.05, 0) is 25.7 Å². The summed E-state index contributed by atoms with van der Waals surface area (Å²) in [5, 5.41) is 0. The van der Waals surface area contributed by atoms with E-state index in [9.17, 15) is 4.79 Å². The molecule has 0 aromatic heterocycles. The molecular weight excluding hydrogens is 340 g/mol. The number of carbonyl (C=O) groups is 1. The van der Waals surface area contributed by atoms with Crippen LogP contribution >= 0.6 is 0 Å². The van der Waals surface area contributed by atoms with Crippen molar-refractivity contribution in [2.75, 3.05) is 19.8 Å². The van der Waals surface area contributed by atoms with Gasteiger partial charge in [-0.25, -0.2) is 4.79 Å². The highest BCUT2D eigenvalue weighted by Gasteiger charge is 2.41. The first-order chi connectivity index (χ1) is 12.8. The van der Waals surface area contributed by atoms with Crippen LogP contribution in [0.2, 0.25) is 0 Å². The maximum Gasteiger partial charge on any atom is 0.378 e. The molecule has 0 spiro atoms. The van der Waals surface area contributed by atoms with Crippen LogP contribution < -0.4 is 0 Å². The molecule has 0 bridgehead atoms. The lowest BCUT2D eigenvalue weighted by molar-refractivity contribution is -0.150. The summed E-state index contributed by atoms with van der Waals surface area (Å²) in [5.41, 5.74) is 0. The van der Waals surface area contributed by atoms with Crippen LogP contribution in [-0.4, -0.2) is 50.6 Å². The highest BCUT2D eigenvalue weighted by molar-refractivity contribution is 5.89. The summed E-state index contributed by atoms with van der Waals surface area (Å²) in [7, 11) is 0. The second-order valence-electron chi connectivity index (χ2n) is 7.27. The summed E-state index contributed by atoms with van der Waals surface area (Å²) in [5.74, 6) is 0.0880. The van der Waals surface area contributed by atoms with E-state index < -0.39 is 18.4 Å². The monoisotopic (exact) mass is 368 g/mol. The smallest absolute Gasteiger partial charge is 0.378 e. The van der Waals surface area contributed by atoms with Gasteiger partial charge in [-0.2, -0.15) is 0 Å². The van der Waals surface area contributed by atoms with E-state index in [1.165, 1.54) is 12.8 Å². The Labute approximate surface area is 153 Å². The van der Waals surface area contributed by atoms with E-state index in [0.29, 0.717) is 38.1 Å². The average molecular weight is 368 g/mol. The molecule has 0 N–H and O–H groups in total. The van der Waals surface area contributed by atoms with Crippen molar-refractivity contribution >= 4 is 5.97 Å². The maximum absolute atomic E-state index is 12.4. The third-order valence-electron chi connectivity index (χ3n) is 5.27. The van der Waals surface area contributed by atoms with Crippen LogP contribution in [0.4, 0.5) is 0 Å². The molecule has 3 atom stereocenters. The van der Waals surface area contributed by atoms with Gasteiger partial charge >= 0.3 is 5.97 Å². The van der Waals surface area contributed by atoms with Crippen molar-refractivity contribution in [3.8, 4) is 0 Å². The molecule has 0 radical (unpaired) electrons. The van der Waals surface area contributed by atoms with E-state index >= 15 is 0 Å². The molecule has 0 aromatic rings. The molecular formula is C19H28O7. The summed E-state index contributed by atoms with van der Waals surface area (Å²) < 4.78 is 34.2. The number of rotatable bonds is 8. The topological polar surface area (TPSA) is 72.5 Å². The second kappa shape index (κ2) is 8.59. The molecule has 4 rings (SSSR count). The number of cyclic esters (lactones) is 1. The van der Waals surface area contributed by atoms with E-state index in [1.54, 1.807) is 0 Å². The van der Waals surface area contributed by atoms with Gasteiger partial charge in [0, 0.05) is 19.3 Å². The van der Waals surface area contributed by atoms with Gasteiger partial charge in [0.15, 0.2) is 24.4 Å². The lowest BCUT2D eigenvalue weighted by atomic mass is 10.2. The van der Waals surface area contributed by atoms with E-state index in [-0.39, 0.29) is 12.0 Å². The number of hydrogen-bond acceptors (Lipinski definition) is 7. The van der Waals surface area contributed by atoms with E-state index in [2.05, 4.69) is 0 Å². The largest absolute Gasteiger partial charge is 0.461 e. The van der Waals surface area contributed by atoms with Crippen LogP contribution in [0.3, 0.4) is 0 Å². The van der Waals surface area contributed by atoms with Gasteiger partial charge in [0.25, 0.3) is 0 Å². The fourth-order valence-corrected chi connectivity index (χ4v) is 3.86. The molecule has 7 heteroatoms. The number of esters is 1. The summed E-state index contributed by atoms with van der Waals surface area (Å²) in [6.45, 7) is 1.85. The van der Waals surface area contributed by atoms with Crippen LogP contribution in [0.15, 0.2) is 11.5 Å². The van der Waals surface area contributed by atoms with Gasteiger partial charge < -0.3 is 28.4 Å². The number of hydrogen-bond donors (Lipinski definition) is 0. The number of carbonyl (C=O) groups excluding carboxylic acids is 1. The van der Waals surface area contributed by atoms with Crippen molar-refractivity contribution in [1.29, 1.82) is 0 Å². The highest BCUT2D eigenvalue weighted by Crippen LogP contribution is 2.33. The van der Waals surface area contributed by atoms with Crippen molar-refractivity contribution in [3.63, 3.8) is 0 Å². The predicted octanol–water partition coefficient (Wildman–Crippen LogP) is 2.78. The zero-order chi connectivity index (χ0) is 17.8. The quantitative estimate of drug-likeness (QED) is 0.610. The van der Waals surface area contributed by atoms with Crippen molar-refractivity contribution in [3.05, 3.63) is 11.5 Å². The van der Waals surface area contributed by atoms with Gasteiger partial charge in [0.2, 0.25) is 5.76 Å². The lowest BCUT2D eigenvalue weighted by Gasteiger charge is -2.20. The average Bonchev–Trinajstić information content (AvgIpc) is 3.42. The van der Waals surface area contributed by atoms with Gasteiger partial charge in [-0.1, -0.05) is 12.8 Å². The predicted molar refractivity (Wildman–Crippen MR) is 89.8 cm³/mol. The first-order valence-corrected chi connectivity index (χ1v) is 9.93. The summed E-state index contributed by atoms with van der Waals surface area (Å²) in [6.07, 6.45) is 7.79. The Morgan fingerprint density at radius 3 is 2.23 bits per heavy atom. The van der Waals surface area contributed by atoms with Gasteiger partial charge in [-0.3, -0.25) is 0 Å². The minimum Gasteiger partial charge on any atom is -0.461 e. The Morgan fingerprint density at radius 1 is 0.885 bits per heavy atom. The molecule has 7 nitrogen and oxygen atoms in total. The van der Waals surface area contributed by atoms with Crippen LogP contribution in [0.1, 0.15) is 57.8 Å². The first-order valence-electron chi connectivity index (χ1n) is 9.93. The molecule has 2 saturated heterocycles. The first kappa shape index (κ1) is 18.1. The van der Waals surface area contributed by atoms with Crippen molar-refractivity contribution in [1.82, 2.24) is 0 Å². The molecule has 146 valence electrons. The molecule has 0 aromatic carbocycles.